The van der Waals surface area contributed by atoms with E-state index >= 15 is 0 Å². The number of ketones is 1. The smallest absolute Gasteiger partial charge is 0.339 e. The van der Waals surface area contributed by atoms with E-state index < -0.39 is 12.6 Å². The highest BCUT2D eigenvalue weighted by Crippen LogP contribution is 2.38. The highest BCUT2D eigenvalue weighted by molar-refractivity contribution is 9.10. The predicted molar refractivity (Wildman–Crippen MR) is 159 cm³/mol. The molecular formula is C32H22BrClN2O5. The Balaban J connectivity index is 1.28. The number of rotatable bonds is 6. The Morgan fingerprint density at radius 3 is 2.22 bits per heavy atom. The van der Waals surface area contributed by atoms with Crippen molar-refractivity contribution in [2.75, 3.05) is 11.5 Å². The number of carbonyl (C=O) groups is 4. The molecule has 2 aliphatic rings. The van der Waals surface area contributed by atoms with Gasteiger partial charge < -0.3 is 4.74 Å². The molecule has 0 N–H and O–H groups in total. The number of ether oxygens (including phenoxy) is 1. The summed E-state index contributed by atoms with van der Waals surface area (Å²) in [5, 5.41) is 1.06. The van der Waals surface area contributed by atoms with Crippen molar-refractivity contribution in [3.05, 3.63) is 106 Å². The van der Waals surface area contributed by atoms with Crippen LogP contribution in [0, 0.1) is 11.8 Å². The quantitative estimate of drug-likeness (QED) is 0.101. The zero-order valence-corrected chi connectivity index (χ0v) is 23.9. The van der Waals surface area contributed by atoms with E-state index in [1.165, 1.54) is 4.90 Å². The lowest BCUT2D eigenvalue weighted by molar-refractivity contribution is -0.122. The second-order valence-corrected chi connectivity index (χ2v) is 11.3. The van der Waals surface area contributed by atoms with Gasteiger partial charge in [-0.05, 0) is 73.5 Å². The number of benzene rings is 3. The van der Waals surface area contributed by atoms with Crippen molar-refractivity contribution in [1.82, 2.24) is 4.98 Å². The van der Waals surface area contributed by atoms with Crippen LogP contribution in [0.4, 0.5) is 5.69 Å². The van der Waals surface area contributed by atoms with E-state index in [4.69, 9.17) is 21.3 Å². The molecule has 2 amide bonds. The normalized spacial score (nSPS) is 18.0. The lowest BCUT2D eigenvalue weighted by Gasteiger charge is -2.15. The van der Waals surface area contributed by atoms with Gasteiger partial charge in [0.15, 0.2) is 12.4 Å². The van der Waals surface area contributed by atoms with Crippen molar-refractivity contribution < 1.29 is 23.9 Å². The Morgan fingerprint density at radius 1 is 0.902 bits per heavy atom. The van der Waals surface area contributed by atoms with Gasteiger partial charge in [-0.3, -0.25) is 19.3 Å². The molecule has 9 heteroatoms. The van der Waals surface area contributed by atoms with Crippen LogP contribution in [-0.2, 0) is 14.3 Å². The van der Waals surface area contributed by atoms with Gasteiger partial charge in [0, 0.05) is 26.0 Å². The van der Waals surface area contributed by atoms with Gasteiger partial charge in [-0.15, -0.1) is 0 Å². The van der Waals surface area contributed by atoms with E-state index in [-0.39, 0.29) is 35.0 Å². The number of halogens is 2. The molecule has 1 aliphatic carbocycles. The van der Waals surface area contributed by atoms with Crippen LogP contribution in [0.1, 0.15) is 33.6 Å². The minimum atomic E-state index is -0.667. The van der Waals surface area contributed by atoms with Crippen LogP contribution in [0.3, 0.4) is 0 Å². The zero-order valence-electron chi connectivity index (χ0n) is 21.6. The highest BCUT2D eigenvalue weighted by Gasteiger charge is 2.47. The summed E-state index contributed by atoms with van der Waals surface area (Å²) in [6.45, 7) is -0.433. The second kappa shape index (κ2) is 11.0. The number of aromatic nitrogens is 1. The third kappa shape index (κ3) is 5.21. The number of hydrogen-bond donors (Lipinski definition) is 0. The third-order valence-corrected chi connectivity index (χ3v) is 8.17. The molecule has 41 heavy (non-hydrogen) atoms. The standard InChI is InChI=1S/C32H22BrClN2O5/c33-20-9-14-27-25(15-20)26(32(40)41-17-29(37)19-5-10-21(34)11-6-19)16-28(35-27)18-7-12-22(13-8-18)36-30(38)23-3-1-2-4-24(23)31(36)39/h1-2,5-16,23-24H,3-4,17H2/t23-,24+. The van der Waals surface area contributed by atoms with E-state index in [1.807, 2.05) is 18.2 Å². The molecule has 6 rings (SSSR count). The number of esters is 1. The molecule has 0 spiro atoms. The van der Waals surface area contributed by atoms with Gasteiger partial charge >= 0.3 is 5.97 Å². The summed E-state index contributed by atoms with van der Waals surface area (Å²) in [6, 6.07) is 20.3. The third-order valence-electron chi connectivity index (χ3n) is 7.42. The molecule has 0 saturated carbocycles. The van der Waals surface area contributed by atoms with Crippen LogP contribution >= 0.6 is 27.5 Å². The first-order valence-electron chi connectivity index (χ1n) is 13.0. The molecule has 0 radical (unpaired) electrons. The van der Waals surface area contributed by atoms with Crippen molar-refractivity contribution >= 4 is 67.7 Å². The van der Waals surface area contributed by atoms with Crippen molar-refractivity contribution in [3.8, 4) is 11.3 Å². The zero-order chi connectivity index (χ0) is 28.7. The maximum atomic E-state index is 13.2. The number of allylic oxidation sites excluding steroid dienone is 2. The van der Waals surface area contributed by atoms with Gasteiger partial charge in [0.05, 0.1) is 34.3 Å². The van der Waals surface area contributed by atoms with Crippen molar-refractivity contribution in [3.63, 3.8) is 0 Å². The molecule has 1 fully saturated rings. The largest absolute Gasteiger partial charge is 0.454 e. The molecule has 1 saturated heterocycles. The van der Waals surface area contributed by atoms with E-state index in [2.05, 4.69) is 15.9 Å². The molecule has 4 aromatic rings. The number of anilines is 1. The molecule has 2 heterocycles. The fourth-order valence-electron chi connectivity index (χ4n) is 5.28. The molecule has 1 aromatic heterocycles. The fraction of sp³-hybridized carbons (Fsp3) is 0.156. The van der Waals surface area contributed by atoms with Gasteiger partial charge in [0.2, 0.25) is 11.8 Å². The van der Waals surface area contributed by atoms with Crippen LogP contribution in [0.15, 0.2) is 89.4 Å². The molecular weight excluding hydrogens is 608 g/mol. The summed E-state index contributed by atoms with van der Waals surface area (Å²) in [5.41, 5.74) is 2.88. The Morgan fingerprint density at radius 2 is 1.56 bits per heavy atom. The highest BCUT2D eigenvalue weighted by atomic mass is 79.9. The fourth-order valence-corrected chi connectivity index (χ4v) is 5.77. The average molecular weight is 630 g/mol. The summed E-state index contributed by atoms with van der Waals surface area (Å²) in [7, 11) is 0. The molecule has 7 nitrogen and oxygen atoms in total. The Bertz CT molecular complexity index is 1720. The number of imide groups is 1. The van der Waals surface area contributed by atoms with Gasteiger partial charge in [-0.2, -0.15) is 0 Å². The maximum absolute atomic E-state index is 13.2. The Hall–Kier alpha value is -4.14. The molecule has 204 valence electrons. The molecule has 0 unspecified atom stereocenters. The number of Topliss-reactive ketones (excluding diaryl/α,β-unsaturated/α-hetero) is 1. The van der Waals surface area contributed by atoms with Crippen LogP contribution in [0.25, 0.3) is 22.2 Å². The molecule has 2 atom stereocenters. The van der Waals surface area contributed by atoms with E-state index in [1.54, 1.807) is 66.7 Å². The number of nitrogens with zero attached hydrogens (tertiary/aromatic N) is 2. The van der Waals surface area contributed by atoms with Crippen LogP contribution < -0.4 is 4.90 Å². The van der Waals surface area contributed by atoms with E-state index in [9.17, 15) is 19.2 Å². The summed E-state index contributed by atoms with van der Waals surface area (Å²) < 4.78 is 6.17. The van der Waals surface area contributed by atoms with Crippen molar-refractivity contribution in [2.24, 2.45) is 11.8 Å². The average Bonchev–Trinajstić information content (AvgIpc) is 3.25. The lowest BCUT2D eigenvalue weighted by atomic mass is 9.85. The topological polar surface area (TPSA) is 93.6 Å². The van der Waals surface area contributed by atoms with Gasteiger partial charge in [-0.25, -0.2) is 9.78 Å². The van der Waals surface area contributed by atoms with Crippen LogP contribution in [0.2, 0.25) is 5.02 Å². The first kappa shape index (κ1) is 27.1. The first-order valence-corrected chi connectivity index (χ1v) is 14.2. The predicted octanol–water partition coefficient (Wildman–Crippen LogP) is 6.81. The molecule has 1 aliphatic heterocycles. The van der Waals surface area contributed by atoms with Gasteiger partial charge in [0.1, 0.15) is 0 Å². The summed E-state index contributed by atoms with van der Waals surface area (Å²) >= 11 is 9.34. The monoisotopic (exact) mass is 628 g/mol. The molecule has 3 aromatic carbocycles. The minimum absolute atomic E-state index is 0.176. The number of carbonyl (C=O) groups excluding carboxylic acids is 4. The van der Waals surface area contributed by atoms with Gasteiger partial charge in [0.25, 0.3) is 0 Å². The van der Waals surface area contributed by atoms with Crippen molar-refractivity contribution in [1.29, 1.82) is 0 Å². The van der Waals surface area contributed by atoms with Crippen molar-refractivity contribution in [2.45, 2.75) is 12.8 Å². The summed E-state index contributed by atoms with van der Waals surface area (Å²) in [6.07, 6.45) is 5.06. The van der Waals surface area contributed by atoms with Gasteiger partial charge in [-0.1, -0.05) is 51.8 Å². The number of hydrogen-bond acceptors (Lipinski definition) is 6. The van der Waals surface area contributed by atoms with E-state index in [0.29, 0.717) is 51.3 Å². The second-order valence-electron chi connectivity index (χ2n) is 9.94. The lowest BCUT2D eigenvalue weighted by Crippen LogP contribution is -2.30. The summed E-state index contributed by atoms with van der Waals surface area (Å²) in [4.78, 5) is 57.8. The van der Waals surface area contributed by atoms with E-state index in [0.717, 1.165) is 4.47 Å². The minimum Gasteiger partial charge on any atom is -0.454 e. The van der Waals surface area contributed by atoms with Crippen LogP contribution in [-0.4, -0.2) is 35.2 Å². The first-order chi connectivity index (χ1) is 19.8. The number of fused-ring (bicyclic) bond motifs is 2. The number of amides is 2. The summed E-state index contributed by atoms with van der Waals surface area (Å²) in [5.74, 6) is -2.00. The SMILES string of the molecule is O=C(COC(=O)c1cc(-c2ccc(N3C(=O)[C@H]4CC=CC[C@H]4C3=O)cc2)nc2ccc(Br)cc12)c1ccc(Cl)cc1. The van der Waals surface area contributed by atoms with Crippen LogP contribution in [0.5, 0.6) is 0 Å². The number of pyridine rings is 1. The molecule has 0 bridgehead atoms. The Labute approximate surface area is 248 Å². The maximum Gasteiger partial charge on any atom is 0.339 e. The Kier molecular flexibility index (Phi) is 7.28.